The van der Waals surface area contributed by atoms with Gasteiger partial charge in [0.25, 0.3) is 10.0 Å². The average Bonchev–Trinajstić information content (AvgIpc) is 2.56. The van der Waals surface area contributed by atoms with Gasteiger partial charge in [0.2, 0.25) is 5.91 Å². The van der Waals surface area contributed by atoms with E-state index in [1.54, 1.807) is 34.9 Å². The van der Waals surface area contributed by atoms with Gasteiger partial charge in [0.15, 0.2) is 0 Å². The van der Waals surface area contributed by atoms with Crippen molar-refractivity contribution >= 4 is 39.1 Å². The summed E-state index contributed by atoms with van der Waals surface area (Å²) in [5.74, 6) is -0.0389. The molecule has 0 saturated carbocycles. The van der Waals surface area contributed by atoms with Crippen molar-refractivity contribution < 1.29 is 13.2 Å². The van der Waals surface area contributed by atoms with E-state index in [1.165, 1.54) is 6.92 Å². The number of nitrogens with zero attached hydrogens (tertiary/aromatic N) is 1. The molecule has 27 heavy (non-hydrogen) atoms. The van der Waals surface area contributed by atoms with Crippen LogP contribution in [-0.4, -0.2) is 26.1 Å². The molecule has 5 nitrogen and oxygen atoms in total. The number of benzene rings is 2. The average molecular weight is 405 g/mol. The number of sulfonamides is 1. The van der Waals surface area contributed by atoms with Gasteiger partial charge < -0.3 is 4.90 Å². The molecule has 0 spiro atoms. The van der Waals surface area contributed by atoms with Gasteiger partial charge in [0, 0.05) is 23.6 Å². The van der Waals surface area contributed by atoms with E-state index >= 15 is 0 Å². The van der Waals surface area contributed by atoms with Gasteiger partial charge in [-0.1, -0.05) is 24.6 Å². The van der Waals surface area contributed by atoms with Gasteiger partial charge in [-0.05, 0) is 50.1 Å². The van der Waals surface area contributed by atoms with Gasteiger partial charge in [-0.25, -0.2) is 8.42 Å². The first kappa shape index (κ1) is 19.8. The molecule has 0 aliphatic carbocycles. The maximum atomic E-state index is 13.0. The van der Waals surface area contributed by atoms with Crippen molar-refractivity contribution in [3.05, 3.63) is 47.0 Å². The molecule has 144 valence electrons. The van der Waals surface area contributed by atoms with Crippen molar-refractivity contribution in [1.29, 1.82) is 0 Å². The summed E-state index contributed by atoms with van der Waals surface area (Å²) in [4.78, 5) is 14.6. The van der Waals surface area contributed by atoms with Gasteiger partial charge >= 0.3 is 0 Å². The zero-order chi connectivity index (χ0) is 19.9. The summed E-state index contributed by atoms with van der Waals surface area (Å²) in [6.07, 6.45) is 0. The molecule has 1 unspecified atom stereocenters. The molecule has 2 aromatic carbocycles. The number of fused-ring (bicyclic) bond motifs is 1. The first-order chi connectivity index (χ1) is 12.6. The zero-order valence-corrected chi connectivity index (χ0v) is 17.8. The number of anilines is 2. The quantitative estimate of drug-likeness (QED) is 0.830. The van der Waals surface area contributed by atoms with E-state index in [1.807, 2.05) is 39.8 Å². The smallest absolute Gasteiger partial charge is 0.261 e. The molecule has 1 amide bonds. The molecule has 0 radical (unpaired) electrons. The minimum Gasteiger partial charge on any atom is -0.310 e. The molecule has 0 aromatic heterocycles. The number of hydrogen-bond donors (Lipinski definition) is 1. The lowest BCUT2D eigenvalue weighted by Gasteiger charge is -2.32. The topological polar surface area (TPSA) is 66.5 Å². The lowest BCUT2D eigenvalue weighted by Crippen LogP contribution is -2.37. The molecule has 0 bridgehead atoms. The summed E-state index contributed by atoms with van der Waals surface area (Å²) in [5, 5.41) is 0.203. The van der Waals surface area contributed by atoms with E-state index in [4.69, 9.17) is 0 Å². The number of thioether (sulfide) groups is 1. The predicted molar refractivity (Wildman–Crippen MR) is 111 cm³/mol. The Morgan fingerprint density at radius 3 is 2.37 bits per heavy atom. The fourth-order valence-corrected chi connectivity index (χ4v) is 5.88. The summed E-state index contributed by atoms with van der Waals surface area (Å²) in [7, 11) is -3.73. The third-order valence-corrected chi connectivity index (χ3v) is 7.07. The van der Waals surface area contributed by atoms with E-state index in [-0.39, 0.29) is 16.1 Å². The Morgan fingerprint density at radius 2 is 1.78 bits per heavy atom. The Labute approximate surface area is 165 Å². The number of aryl methyl sites for hydroxylation is 3. The number of carbonyl (C=O) groups is 1. The molecular weight excluding hydrogens is 380 g/mol. The number of hydrogen-bond acceptors (Lipinski definition) is 4. The van der Waals surface area contributed by atoms with Crippen molar-refractivity contribution in [2.75, 3.05) is 16.2 Å². The maximum absolute atomic E-state index is 13.0. The van der Waals surface area contributed by atoms with Crippen LogP contribution >= 0.6 is 11.8 Å². The van der Waals surface area contributed by atoms with Crippen LogP contribution in [0, 0.1) is 20.8 Å². The van der Waals surface area contributed by atoms with Crippen LogP contribution in [0.2, 0.25) is 0 Å². The number of rotatable bonds is 3. The van der Waals surface area contributed by atoms with E-state index < -0.39 is 10.0 Å². The number of amides is 1. The SMILES string of the molecule is CC(=O)N1CC(C)Sc2cc(S(=O)(=O)Nc3c(C)cc(C)cc3C)ccc21. The Hall–Kier alpha value is -1.99. The van der Waals surface area contributed by atoms with Crippen LogP contribution in [-0.2, 0) is 14.8 Å². The van der Waals surface area contributed by atoms with Gasteiger partial charge in [-0.2, -0.15) is 0 Å². The van der Waals surface area contributed by atoms with Crippen molar-refractivity contribution in [1.82, 2.24) is 0 Å². The number of nitrogens with one attached hydrogen (secondary N) is 1. The van der Waals surface area contributed by atoms with Gasteiger partial charge in [0.1, 0.15) is 0 Å². The second-order valence-electron chi connectivity index (χ2n) is 7.07. The van der Waals surface area contributed by atoms with Crippen molar-refractivity contribution in [2.24, 2.45) is 0 Å². The van der Waals surface area contributed by atoms with Crippen LogP contribution in [0.1, 0.15) is 30.5 Å². The van der Waals surface area contributed by atoms with Crippen LogP contribution in [0.15, 0.2) is 40.1 Å². The first-order valence-electron chi connectivity index (χ1n) is 8.78. The normalized spacial score (nSPS) is 16.8. The second-order valence-corrected chi connectivity index (χ2v) is 10.2. The van der Waals surface area contributed by atoms with Crippen molar-refractivity contribution in [3.63, 3.8) is 0 Å². The lowest BCUT2D eigenvalue weighted by atomic mass is 10.1. The van der Waals surface area contributed by atoms with E-state index in [0.717, 1.165) is 27.3 Å². The highest BCUT2D eigenvalue weighted by Crippen LogP contribution is 2.40. The van der Waals surface area contributed by atoms with Gasteiger partial charge in [-0.15, -0.1) is 11.8 Å². The fourth-order valence-electron chi connectivity index (χ4n) is 3.42. The summed E-state index contributed by atoms with van der Waals surface area (Å²) in [5.41, 5.74) is 4.26. The summed E-state index contributed by atoms with van der Waals surface area (Å²) in [6.45, 7) is 9.96. The third kappa shape index (κ3) is 3.99. The molecule has 1 aliphatic rings. The highest BCUT2D eigenvalue weighted by atomic mass is 32.2. The largest absolute Gasteiger partial charge is 0.310 e. The molecule has 1 atom stereocenters. The molecular formula is C20H24N2O3S2. The van der Waals surface area contributed by atoms with Crippen LogP contribution in [0.25, 0.3) is 0 Å². The Kier molecular flexibility index (Phi) is 5.27. The minimum absolute atomic E-state index is 0.0389. The molecule has 0 saturated heterocycles. The number of carbonyl (C=O) groups excluding carboxylic acids is 1. The summed E-state index contributed by atoms with van der Waals surface area (Å²) in [6, 6.07) is 8.86. The first-order valence-corrected chi connectivity index (χ1v) is 11.1. The van der Waals surface area contributed by atoms with Crippen LogP contribution in [0.4, 0.5) is 11.4 Å². The summed E-state index contributed by atoms with van der Waals surface area (Å²) < 4.78 is 28.7. The monoisotopic (exact) mass is 404 g/mol. The third-order valence-electron chi connectivity index (χ3n) is 4.59. The Morgan fingerprint density at radius 1 is 1.15 bits per heavy atom. The molecule has 2 aromatic rings. The van der Waals surface area contributed by atoms with Crippen molar-refractivity contribution in [3.8, 4) is 0 Å². The molecule has 0 fully saturated rings. The standard InChI is InChI=1S/C20H24N2O3S2/c1-12-8-13(2)20(14(3)9-12)21-27(24,25)17-6-7-18-19(10-17)26-15(4)11-22(18)16(5)23/h6-10,15,21H,11H2,1-5H3. The molecule has 1 N–H and O–H groups in total. The second kappa shape index (κ2) is 7.20. The summed E-state index contributed by atoms with van der Waals surface area (Å²) >= 11 is 1.59. The van der Waals surface area contributed by atoms with Crippen molar-refractivity contribution in [2.45, 2.75) is 49.7 Å². The minimum atomic E-state index is -3.73. The predicted octanol–water partition coefficient (Wildman–Crippen LogP) is 4.26. The van der Waals surface area contributed by atoms with Crippen LogP contribution < -0.4 is 9.62 Å². The van der Waals surface area contributed by atoms with Gasteiger partial charge in [-0.3, -0.25) is 9.52 Å². The maximum Gasteiger partial charge on any atom is 0.261 e. The Bertz CT molecular complexity index is 993. The highest BCUT2D eigenvalue weighted by Gasteiger charge is 2.27. The van der Waals surface area contributed by atoms with Gasteiger partial charge in [0.05, 0.1) is 16.3 Å². The zero-order valence-electron chi connectivity index (χ0n) is 16.2. The van der Waals surface area contributed by atoms with E-state index in [9.17, 15) is 13.2 Å². The highest BCUT2D eigenvalue weighted by molar-refractivity contribution is 8.00. The molecule has 7 heteroatoms. The van der Waals surface area contributed by atoms with Crippen LogP contribution in [0.3, 0.4) is 0 Å². The molecule has 3 rings (SSSR count). The van der Waals surface area contributed by atoms with Crippen LogP contribution in [0.5, 0.6) is 0 Å². The molecule has 1 aliphatic heterocycles. The van der Waals surface area contributed by atoms with E-state index in [0.29, 0.717) is 12.2 Å². The fraction of sp³-hybridized carbons (Fsp3) is 0.350. The van der Waals surface area contributed by atoms with E-state index in [2.05, 4.69) is 4.72 Å². The lowest BCUT2D eigenvalue weighted by molar-refractivity contribution is -0.116. The Balaban J connectivity index is 1.99. The molecule has 1 heterocycles.